The van der Waals surface area contributed by atoms with E-state index in [-0.39, 0.29) is 18.4 Å². The molecule has 0 aliphatic carbocycles. The van der Waals surface area contributed by atoms with Gasteiger partial charge in [-0.25, -0.2) is 4.79 Å². The standard InChI is InChI=1S/C15H18N2O3/c1-11(2)13-14(18)16-8-9-17(13)15(19)20-10-12-6-4-3-5-7-12/h3-9,11,13H,10H2,1-2H3,(H,16,18). The van der Waals surface area contributed by atoms with Crippen molar-refractivity contribution in [3.63, 3.8) is 0 Å². The third-order valence-electron chi connectivity index (χ3n) is 3.08. The second-order valence-electron chi connectivity index (χ2n) is 4.96. The summed E-state index contributed by atoms with van der Waals surface area (Å²) in [5.74, 6) is -0.191. The zero-order chi connectivity index (χ0) is 14.5. The lowest BCUT2D eigenvalue weighted by Gasteiger charge is -2.32. The molecule has 0 saturated heterocycles. The molecule has 1 aliphatic heterocycles. The Kier molecular flexibility index (Phi) is 4.40. The number of nitrogens with zero attached hydrogens (tertiary/aromatic N) is 1. The van der Waals surface area contributed by atoms with Crippen molar-refractivity contribution in [3.05, 3.63) is 48.3 Å². The molecule has 0 radical (unpaired) electrons. The molecule has 2 rings (SSSR count). The Bertz CT molecular complexity index is 511. The minimum absolute atomic E-state index is 0.00391. The van der Waals surface area contributed by atoms with Crippen LogP contribution in [0.3, 0.4) is 0 Å². The number of hydrogen-bond acceptors (Lipinski definition) is 3. The second-order valence-corrected chi connectivity index (χ2v) is 4.96. The fraction of sp³-hybridized carbons (Fsp3) is 0.333. The highest BCUT2D eigenvalue weighted by Crippen LogP contribution is 2.16. The van der Waals surface area contributed by atoms with E-state index in [4.69, 9.17) is 4.74 Å². The van der Waals surface area contributed by atoms with Gasteiger partial charge in [0.1, 0.15) is 12.6 Å². The summed E-state index contributed by atoms with van der Waals surface area (Å²) in [6.45, 7) is 3.97. The van der Waals surface area contributed by atoms with Crippen LogP contribution >= 0.6 is 0 Å². The summed E-state index contributed by atoms with van der Waals surface area (Å²) in [5, 5.41) is 2.60. The Labute approximate surface area is 118 Å². The van der Waals surface area contributed by atoms with Crippen molar-refractivity contribution in [2.24, 2.45) is 5.92 Å². The summed E-state index contributed by atoms with van der Waals surface area (Å²) in [6, 6.07) is 8.89. The van der Waals surface area contributed by atoms with E-state index in [0.717, 1.165) is 5.56 Å². The summed E-state index contributed by atoms with van der Waals surface area (Å²) >= 11 is 0. The van der Waals surface area contributed by atoms with Crippen LogP contribution in [0.25, 0.3) is 0 Å². The van der Waals surface area contributed by atoms with E-state index in [1.54, 1.807) is 6.20 Å². The van der Waals surface area contributed by atoms with Crippen LogP contribution in [0, 0.1) is 5.92 Å². The number of nitrogens with one attached hydrogen (secondary N) is 1. The number of carbonyl (C=O) groups is 2. The summed E-state index contributed by atoms with van der Waals surface area (Å²) in [6.07, 6.45) is 2.48. The van der Waals surface area contributed by atoms with E-state index < -0.39 is 12.1 Å². The lowest BCUT2D eigenvalue weighted by atomic mass is 10.0. The van der Waals surface area contributed by atoms with Gasteiger partial charge in [-0.2, -0.15) is 0 Å². The number of carbonyl (C=O) groups excluding carboxylic acids is 2. The van der Waals surface area contributed by atoms with Crippen LogP contribution in [0.4, 0.5) is 4.79 Å². The first-order chi connectivity index (χ1) is 9.59. The fourth-order valence-electron chi connectivity index (χ4n) is 2.10. The molecule has 106 valence electrons. The highest BCUT2D eigenvalue weighted by atomic mass is 16.6. The Balaban J connectivity index is 2.02. The maximum atomic E-state index is 12.1. The molecule has 0 spiro atoms. The van der Waals surface area contributed by atoms with Crippen LogP contribution in [-0.2, 0) is 16.1 Å². The average Bonchev–Trinajstić information content (AvgIpc) is 2.45. The smallest absolute Gasteiger partial charge is 0.414 e. The molecule has 0 saturated carbocycles. The number of rotatable bonds is 3. The first kappa shape index (κ1) is 14.1. The van der Waals surface area contributed by atoms with E-state index in [1.165, 1.54) is 11.1 Å². The molecule has 1 unspecified atom stereocenters. The van der Waals surface area contributed by atoms with Crippen LogP contribution in [0.15, 0.2) is 42.7 Å². The van der Waals surface area contributed by atoms with Crippen molar-refractivity contribution in [3.8, 4) is 0 Å². The van der Waals surface area contributed by atoms with E-state index in [1.807, 2.05) is 44.2 Å². The molecule has 1 aromatic rings. The highest BCUT2D eigenvalue weighted by Gasteiger charge is 2.33. The molecular weight excluding hydrogens is 256 g/mol. The molecule has 1 N–H and O–H groups in total. The predicted octanol–water partition coefficient (Wildman–Crippen LogP) is 2.25. The minimum Gasteiger partial charge on any atom is -0.444 e. The lowest BCUT2D eigenvalue weighted by molar-refractivity contribution is -0.126. The minimum atomic E-state index is -0.539. The predicted molar refractivity (Wildman–Crippen MR) is 74.4 cm³/mol. The van der Waals surface area contributed by atoms with Crippen molar-refractivity contribution >= 4 is 12.0 Å². The summed E-state index contributed by atoms with van der Waals surface area (Å²) in [5.41, 5.74) is 0.910. The van der Waals surface area contributed by atoms with Crippen molar-refractivity contribution in [2.75, 3.05) is 0 Å². The normalized spacial score (nSPS) is 18.1. The third kappa shape index (κ3) is 3.17. The van der Waals surface area contributed by atoms with Gasteiger partial charge in [-0.05, 0) is 11.5 Å². The Morgan fingerprint density at radius 2 is 2.05 bits per heavy atom. The molecule has 5 heteroatoms. The number of hydrogen-bond donors (Lipinski definition) is 1. The van der Waals surface area contributed by atoms with Gasteiger partial charge in [0.2, 0.25) is 5.91 Å². The van der Waals surface area contributed by atoms with Gasteiger partial charge in [-0.15, -0.1) is 0 Å². The van der Waals surface area contributed by atoms with Crippen LogP contribution < -0.4 is 5.32 Å². The third-order valence-corrected chi connectivity index (χ3v) is 3.08. The average molecular weight is 274 g/mol. The van der Waals surface area contributed by atoms with Crippen molar-refractivity contribution in [1.29, 1.82) is 0 Å². The first-order valence-electron chi connectivity index (χ1n) is 6.55. The maximum absolute atomic E-state index is 12.1. The summed E-state index contributed by atoms with van der Waals surface area (Å²) in [4.78, 5) is 25.3. The van der Waals surface area contributed by atoms with Crippen LogP contribution in [0.1, 0.15) is 19.4 Å². The number of ether oxygens (including phenoxy) is 1. The molecule has 0 fully saturated rings. The van der Waals surface area contributed by atoms with Gasteiger partial charge in [0.25, 0.3) is 0 Å². The summed E-state index contributed by atoms with van der Waals surface area (Å²) in [7, 11) is 0. The first-order valence-corrected chi connectivity index (χ1v) is 6.55. The van der Waals surface area contributed by atoms with Gasteiger partial charge in [-0.1, -0.05) is 44.2 Å². The zero-order valence-electron chi connectivity index (χ0n) is 11.6. The largest absolute Gasteiger partial charge is 0.444 e. The lowest BCUT2D eigenvalue weighted by Crippen LogP contribution is -2.51. The van der Waals surface area contributed by atoms with E-state index in [0.29, 0.717) is 0 Å². The molecule has 1 aliphatic rings. The maximum Gasteiger partial charge on any atom is 0.414 e. The highest BCUT2D eigenvalue weighted by molar-refractivity contribution is 5.88. The SMILES string of the molecule is CC(C)C1C(=O)NC=CN1C(=O)OCc1ccccc1. The number of amides is 2. The van der Waals surface area contributed by atoms with Gasteiger partial charge in [0, 0.05) is 12.4 Å². The van der Waals surface area contributed by atoms with Gasteiger partial charge < -0.3 is 10.1 Å². The van der Waals surface area contributed by atoms with Gasteiger partial charge in [-0.3, -0.25) is 9.69 Å². The van der Waals surface area contributed by atoms with Crippen LogP contribution in [0.5, 0.6) is 0 Å². The van der Waals surface area contributed by atoms with Crippen LogP contribution in [-0.4, -0.2) is 22.9 Å². The fourth-order valence-corrected chi connectivity index (χ4v) is 2.10. The zero-order valence-corrected chi connectivity index (χ0v) is 11.6. The Morgan fingerprint density at radius 1 is 1.35 bits per heavy atom. The quantitative estimate of drug-likeness (QED) is 0.919. The second kappa shape index (κ2) is 6.23. The van der Waals surface area contributed by atoms with Gasteiger partial charge >= 0.3 is 6.09 Å². The monoisotopic (exact) mass is 274 g/mol. The Morgan fingerprint density at radius 3 is 2.70 bits per heavy atom. The topological polar surface area (TPSA) is 58.6 Å². The summed E-state index contributed by atoms with van der Waals surface area (Å²) < 4.78 is 5.25. The molecule has 1 heterocycles. The van der Waals surface area contributed by atoms with E-state index >= 15 is 0 Å². The molecule has 20 heavy (non-hydrogen) atoms. The molecule has 1 aromatic carbocycles. The molecule has 1 atom stereocenters. The van der Waals surface area contributed by atoms with E-state index in [9.17, 15) is 9.59 Å². The van der Waals surface area contributed by atoms with E-state index in [2.05, 4.69) is 5.32 Å². The van der Waals surface area contributed by atoms with Crippen molar-refractivity contribution < 1.29 is 14.3 Å². The Hall–Kier alpha value is -2.30. The molecule has 0 aromatic heterocycles. The van der Waals surface area contributed by atoms with Crippen molar-refractivity contribution in [1.82, 2.24) is 10.2 Å². The molecular formula is C15H18N2O3. The molecule has 0 bridgehead atoms. The molecule has 5 nitrogen and oxygen atoms in total. The van der Waals surface area contributed by atoms with Gasteiger partial charge in [0.05, 0.1) is 0 Å². The molecule has 2 amide bonds. The van der Waals surface area contributed by atoms with Crippen LogP contribution in [0.2, 0.25) is 0 Å². The van der Waals surface area contributed by atoms with Crippen molar-refractivity contribution in [2.45, 2.75) is 26.5 Å². The number of benzene rings is 1. The van der Waals surface area contributed by atoms with Gasteiger partial charge in [0.15, 0.2) is 0 Å².